The van der Waals surface area contributed by atoms with Gasteiger partial charge in [-0.05, 0) is 23.8 Å². The molecule has 2 amide bonds. The Morgan fingerprint density at radius 3 is 2.38 bits per heavy atom. The van der Waals surface area contributed by atoms with E-state index in [1.165, 1.54) is 12.4 Å². The van der Waals surface area contributed by atoms with Crippen molar-refractivity contribution in [2.24, 2.45) is 0 Å². The molecule has 3 N–H and O–H groups in total. The number of hydrogen-bond donors (Lipinski definition) is 3. The largest absolute Gasteiger partial charge is 0.478 e. The molecule has 0 aliphatic carbocycles. The number of fused-ring (bicyclic) bond motifs is 2. The number of hydrogen-bond acceptors (Lipinski definition) is 9. The van der Waals surface area contributed by atoms with Crippen LogP contribution in [-0.2, 0) is 25.6 Å². The first kappa shape index (κ1) is 28.6. The number of anilines is 2. The molecule has 13 nitrogen and oxygen atoms in total. The fourth-order valence-corrected chi connectivity index (χ4v) is 5.52. The molecule has 0 saturated carbocycles. The summed E-state index contributed by atoms with van der Waals surface area (Å²) < 4.78 is 26.9. The van der Waals surface area contributed by atoms with E-state index in [2.05, 4.69) is 25.6 Å². The third-order valence-electron chi connectivity index (χ3n) is 7.60. The Balaban J connectivity index is 1.12. The number of ether oxygens (including phenoxy) is 4. The van der Waals surface area contributed by atoms with E-state index in [1.807, 2.05) is 48.5 Å². The summed E-state index contributed by atoms with van der Waals surface area (Å²) in [6, 6.07) is 24.8. The Kier molecular flexibility index (Phi) is 7.88. The van der Waals surface area contributed by atoms with Crippen molar-refractivity contribution in [1.82, 2.24) is 19.5 Å². The number of carbonyl (C=O) groups is 2. The average molecular weight is 609 g/mol. The van der Waals surface area contributed by atoms with E-state index in [0.717, 1.165) is 5.56 Å². The molecule has 5 aromatic rings. The van der Waals surface area contributed by atoms with Crippen LogP contribution in [0.4, 0.5) is 16.3 Å². The number of carboxylic acid groups (broad SMARTS) is 1. The lowest BCUT2D eigenvalue weighted by Gasteiger charge is -2.21. The molecular weight excluding hydrogens is 580 g/mol. The van der Waals surface area contributed by atoms with Gasteiger partial charge in [0.1, 0.15) is 24.6 Å². The summed E-state index contributed by atoms with van der Waals surface area (Å²) in [6.07, 6.45) is -0.0549. The van der Waals surface area contributed by atoms with Crippen LogP contribution in [0.5, 0.6) is 0 Å². The molecule has 1 unspecified atom stereocenters. The lowest BCUT2D eigenvalue weighted by Crippen LogP contribution is -2.31. The lowest BCUT2D eigenvalue weighted by molar-refractivity contribution is -0.158. The van der Waals surface area contributed by atoms with Crippen molar-refractivity contribution in [2.45, 2.75) is 37.4 Å². The van der Waals surface area contributed by atoms with Gasteiger partial charge >= 0.3 is 12.0 Å². The number of nitrogens with one attached hydrogen (secondary N) is 2. The van der Waals surface area contributed by atoms with Crippen LogP contribution in [0.25, 0.3) is 11.2 Å². The Labute approximate surface area is 256 Å². The van der Waals surface area contributed by atoms with Crippen LogP contribution in [0.1, 0.15) is 34.0 Å². The number of aromatic nitrogens is 4. The Bertz CT molecular complexity index is 1820. The summed E-state index contributed by atoms with van der Waals surface area (Å²) in [5.74, 6) is -0.797. The Hall–Kier alpha value is -5.21. The molecule has 2 aliphatic rings. The molecule has 13 heteroatoms. The summed E-state index contributed by atoms with van der Waals surface area (Å²) in [5, 5.41) is 15.0. The summed E-state index contributed by atoms with van der Waals surface area (Å²) >= 11 is 0. The van der Waals surface area contributed by atoms with Gasteiger partial charge in [-0.2, -0.15) is 0 Å². The fourth-order valence-electron chi connectivity index (χ4n) is 5.52. The van der Waals surface area contributed by atoms with Gasteiger partial charge in [0, 0.05) is 11.3 Å². The first-order chi connectivity index (χ1) is 22.0. The van der Waals surface area contributed by atoms with Gasteiger partial charge < -0.3 is 29.4 Å². The molecule has 2 aromatic heterocycles. The maximum atomic E-state index is 12.7. The third-order valence-corrected chi connectivity index (χ3v) is 7.60. The molecule has 3 aromatic carbocycles. The van der Waals surface area contributed by atoms with Gasteiger partial charge in [0.05, 0.1) is 25.1 Å². The third kappa shape index (κ3) is 5.84. The Morgan fingerprint density at radius 2 is 1.58 bits per heavy atom. The SMILES string of the molecule is O=C(Nc1ccccc1)Nc1ncnc2c1ncn2[C@@H]1O[C@H](COCc2ccccc2C(=O)O)[C@@H]2O[C@@H](c3ccccc3)OC21. The zero-order chi connectivity index (χ0) is 30.8. The second-order valence-corrected chi connectivity index (χ2v) is 10.5. The van der Waals surface area contributed by atoms with E-state index in [0.29, 0.717) is 22.4 Å². The number of aromatic carboxylic acids is 1. The van der Waals surface area contributed by atoms with Crippen molar-refractivity contribution >= 4 is 34.7 Å². The predicted octanol–water partition coefficient (Wildman–Crippen LogP) is 4.77. The number of para-hydroxylation sites is 1. The van der Waals surface area contributed by atoms with Gasteiger partial charge in [-0.15, -0.1) is 0 Å². The molecule has 7 rings (SSSR count). The zero-order valence-electron chi connectivity index (χ0n) is 23.7. The van der Waals surface area contributed by atoms with Gasteiger partial charge in [-0.1, -0.05) is 66.7 Å². The molecule has 2 fully saturated rings. The van der Waals surface area contributed by atoms with Crippen LogP contribution < -0.4 is 10.6 Å². The molecule has 45 heavy (non-hydrogen) atoms. The van der Waals surface area contributed by atoms with Crippen LogP contribution in [0.2, 0.25) is 0 Å². The number of carbonyl (C=O) groups excluding carboxylic acids is 1. The summed E-state index contributed by atoms with van der Waals surface area (Å²) in [6.45, 7) is 0.194. The van der Waals surface area contributed by atoms with Crippen LogP contribution in [0.3, 0.4) is 0 Å². The van der Waals surface area contributed by atoms with Gasteiger partial charge in [0.2, 0.25) is 0 Å². The monoisotopic (exact) mass is 608 g/mol. The predicted molar refractivity (Wildman–Crippen MR) is 160 cm³/mol. The van der Waals surface area contributed by atoms with Gasteiger partial charge in [-0.25, -0.2) is 24.5 Å². The molecule has 2 aliphatic heterocycles. The second-order valence-electron chi connectivity index (χ2n) is 10.5. The molecule has 4 heterocycles. The normalized spacial score (nSPS) is 22.3. The quantitative estimate of drug-likeness (QED) is 0.213. The molecule has 5 atom stereocenters. The van der Waals surface area contributed by atoms with Crippen molar-refractivity contribution in [3.05, 3.63) is 114 Å². The molecular formula is C32H28N6O7. The summed E-state index contributed by atoms with van der Waals surface area (Å²) in [5.41, 5.74) is 3.00. The standard InChI is InChI=1S/C32H28N6O7/c39-30(40)22-14-8-7-11-20(22)15-42-16-23-25-26(45-31(44-25)19-9-3-1-4-10-19)29(43-23)38-18-35-24-27(33-17-34-28(24)38)37-32(41)36-21-12-5-2-6-13-21/h1-14,17-18,23,25-26,29,31H,15-16H2,(H,39,40)(H2,33,34,36,37,41)/t23-,25+,26?,29-,31-/m1/s1. The lowest BCUT2D eigenvalue weighted by atomic mass is 10.1. The van der Waals surface area contributed by atoms with Crippen molar-refractivity contribution < 1.29 is 33.6 Å². The smallest absolute Gasteiger partial charge is 0.336 e. The van der Waals surface area contributed by atoms with E-state index >= 15 is 0 Å². The van der Waals surface area contributed by atoms with E-state index < -0.39 is 42.8 Å². The minimum Gasteiger partial charge on any atom is -0.478 e. The van der Waals surface area contributed by atoms with Crippen molar-refractivity contribution in [3.63, 3.8) is 0 Å². The minimum atomic E-state index is -1.02. The van der Waals surface area contributed by atoms with Crippen molar-refractivity contribution in [2.75, 3.05) is 17.2 Å². The van der Waals surface area contributed by atoms with E-state index in [1.54, 1.807) is 41.2 Å². The molecule has 0 spiro atoms. The van der Waals surface area contributed by atoms with Gasteiger partial charge in [0.25, 0.3) is 0 Å². The molecule has 228 valence electrons. The van der Waals surface area contributed by atoms with E-state index in [-0.39, 0.29) is 24.6 Å². The van der Waals surface area contributed by atoms with E-state index in [4.69, 9.17) is 18.9 Å². The van der Waals surface area contributed by atoms with Crippen LogP contribution in [-0.4, -0.2) is 61.5 Å². The fraction of sp³-hybridized carbons (Fsp3) is 0.219. The summed E-state index contributed by atoms with van der Waals surface area (Å²) in [7, 11) is 0. The number of imidazole rings is 1. The number of amides is 2. The minimum absolute atomic E-state index is 0.0780. The first-order valence-electron chi connectivity index (χ1n) is 14.3. The highest BCUT2D eigenvalue weighted by atomic mass is 16.8. The Morgan fingerprint density at radius 1 is 0.844 bits per heavy atom. The number of urea groups is 1. The van der Waals surface area contributed by atoms with Crippen molar-refractivity contribution in [3.8, 4) is 0 Å². The first-order valence-corrected chi connectivity index (χ1v) is 14.3. The summed E-state index contributed by atoms with van der Waals surface area (Å²) in [4.78, 5) is 37.5. The van der Waals surface area contributed by atoms with Gasteiger partial charge in [-0.3, -0.25) is 9.88 Å². The molecule has 0 radical (unpaired) electrons. The highest BCUT2D eigenvalue weighted by Gasteiger charge is 2.54. The maximum Gasteiger partial charge on any atom is 0.336 e. The second kappa shape index (κ2) is 12.4. The van der Waals surface area contributed by atoms with Crippen LogP contribution in [0.15, 0.2) is 97.6 Å². The molecule has 2 saturated heterocycles. The van der Waals surface area contributed by atoms with E-state index in [9.17, 15) is 14.7 Å². The number of nitrogens with zero attached hydrogens (tertiary/aromatic N) is 4. The number of benzene rings is 3. The number of carboxylic acids is 1. The topological polar surface area (TPSA) is 159 Å². The zero-order valence-corrected chi connectivity index (χ0v) is 23.7. The van der Waals surface area contributed by atoms with Gasteiger partial charge in [0.15, 0.2) is 29.5 Å². The number of rotatable bonds is 9. The highest BCUT2D eigenvalue weighted by molar-refractivity contribution is 6.02. The highest BCUT2D eigenvalue weighted by Crippen LogP contribution is 2.45. The molecule has 0 bridgehead atoms. The average Bonchev–Trinajstić information content (AvgIpc) is 3.77. The van der Waals surface area contributed by atoms with Crippen LogP contribution in [0, 0.1) is 0 Å². The van der Waals surface area contributed by atoms with Crippen molar-refractivity contribution in [1.29, 1.82) is 0 Å². The maximum absolute atomic E-state index is 12.7. The van der Waals surface area contributed by atoms with Crippen LogP contribution >= 0.6 is 0 Å².